The standard InChI is InChI=1S/C15H21BrN2O/c1-11-3-4-14(16)9-12(11)6-8-18(2)15(19)13-5-7-17-10-13/h3-4,9,13,17H,5-8,10H2,1-2H3. The van der Waals surface area contributed by atoms with E-state index in [4.69, 9.17) is 0 Å². The molecule has 1 fully saturated rings. The van der Waals surface area contributed by atoms with Gasteiger partial charge in [0.2, 0.25) is 5.91 Å². The van der Waals surface area contributed by atoms with Gasteiger partial charge in [-0.1, -0.05) is 22.0 Å². The van der Waals surface area contributed by atoms with E-state index in [0.717, 1.165) is 36.9 Å². The van der Waals surface area contributed by atoms with Crippen LogP contribution in [0.25, 0.3) is 0 Å². The summed E-state index contributed by atoms with van der Waals surface area (Å²) < 4.78 is 1.10. The van der Waals surface area contributed by atoms with E-state index in [1.807, 2.05) is 11.9 Å². The summed E-state index contributed by atoms with van der Waals surface area (Å²) in [6, 6.07) is 6.31. The average Bonchev–Trinajstić information content (AvgIpc) is 2.92. The Morgan fingerprint density at radius 3 is 3.00 bits per heavy atom. The fraction of sp³-hybridized carbons (Fsp3) is 0.533. The van der Waals surface area contributed by atoms with Crippen LogP contribution in [0.2, 0.25) is 0 Å². The molecule has 0 radical (unpaired) electrons. The third-order valence-electron chi connectivity index (χ3n) is 3.81. The zero-order chi connectivity index (χ0) is 13.8. The SMILES string of the molecule is Cc1ccc(Br)cc1CCN(C)C(=O)C1CCNC1. The minimum atomic E-state index is 0.175. The first kappa shape index (κ1) is 14.5. The van der Waals surface area contributed by atoms with Gasteiger partial charge < -0.3 is 10.2 Å². The minimum absolute atomic E-state index is 0.175. The Kier molecular flexibility index (Phi) is 4.99. The lowest BCUT2D eigenvalue weighted by Gasteiger charge is -2.21. The Morgan fingerprint density at radius 2 is 2.32 bits per heavy atom. The summed E-state index contributed by atoms with van der Waals surface area (Å²) in [5, 5.41) is 3.24. The van der Waals surface area contributed by atoms with Crippen molar-refractivity contribution in [3.63, 3.8) is 0 Å². The molecule has 1 N–H and O–H groups in total. The zero-order valence-electron chi connectivity index (χ0n) is 11.6. The molecule has 0 aromatic heterocycles. The summed E-state index contributed by atoms with van der Waals surface area (Å²) in [6.45, 7) is 4.70. The molecule has 1 aliphatic rings. The van der Waals surface area contributed by atoms with Crippen molar-refractivity contribution in [2.75, 3.05) is 26.7 Å². The molecule has 0 spiro atoms. The van der Waals surface area contributed by atoms with Crippen LogP contribution >= 0.6 is 15.9 Å². The maximum atomic E-state index is 12.2. The maximum Gasteiger partial charge on any atom is 0.226 e. The molecule has 3 nitrogen and oxygen atoms in total. The first-order valence-corrected chi connectivity index (χ1v) is 7.58. The molecule has 4 heteroatoms. The summed E-state index contributed by atoms with van der Waals surface area (Å²) in [5.41, 5.74) is 2.59. The van der Waals surface area contributed by atoms with Crippen molar-refractivity contribution >= 4 is 21.8 Å². The van der Waals surface area contributed by atoms with Crippen LogP contribution in [-0.4, -0.2) is 37.5 Å². The second kappa shape index (κ2) is 6.53. The van der Waals surface area contributed by atoms with Gasteiger partial charge in [0.25, 0.3) is 0 Å². The third-order valence-corrected chi connectivity index (χ3v) is 4.31. The molecule has 0 bridgehead atoms. The van der Waals surface area contributed by atoms with Gasteiger partial charge in [0, 0.05) is 24.6 Å². The van der Waals surface area contributed by atoms with Crippen LogP contribution in [0.4, 0.5) is 0 Å². The van der Waals surface area contributed by atoms with E-state index in [0.29, 0.717) is 0 Å². The van der Waals surface area contributed by atoms with Crippen LogP contribution < -0.4 is 5.32 Å². The molecule has 1 aliphatic heterocycles. The zero-order valence-corrected chi connectivity index (χ0v) is 13.2. The van der Waals surface area contributed by atoms with E-state index in [1.54, 1.807) is 0 Å². The largest absolute Gasteiger partial charge is 0.345 e. The Balaban J connectivity index is 1.90. The van der Waals surface area contributed by atoms with Crippen LogP contribution in [-0.2, 0) is 11.2 Å². The Bertz CT molecular complexity index is 455. The summed E-state index contributed by atoms with van der Waals surface area (Å²) in [6.07, 6.45) is 1.88. The van der Waals surface area contributed by atoms with Gasteiger partial charge >= 0.3 is 0 Å². The highest BCUT2D eigenvalue weighted by atomic mass is 79.9. The number of hydrogen-bond acceptors (Lipinski definition) is 2. The van der Waals surface area contributed by atoms with E-state index in [-0.39, 0.29) is 11.8 Å². The van der Waals surface area contributed by atoms with Crippen LogP contribution in [0.15, 0.2) is 22.7 Å². The molecule has 1 saturated heterocycles. The third kappa shape index (κ3) is 3.80. The van der Waals surface area contributed by atoms with Crippen molar-refractivity contribution in [3.8, 4) is 0 Å². The normalized spacial score (nSPS) is 18.6. The van der Waals surface area contributed by atoms with E-state index in [9.17, 15) is 4.79 Å². The highest BCUT2D eigenvalue weighted by molar-refractivity contribution is 9.10. The number of nitrogens with zero attached hydrogens (tertiary/aromatic N) is 1. The van der Waals surface area contributed by atoms with E-state index >= 15 is 0 Å². The number of carbonyl (C=O) groups excluding carboxylic acids is 1. The number of hydrogen-bond donors (Lipinski definition) is 1. The molecule has 1 atom stereocenters. The van der Waals surface area contributed by atoms with Crippen LogP contribution in [0.1, 0.15) is 17.5 Å². The van der Waals surface area contributed by atoms with E-state index in [2.05, 4.69) is 46.4 Å². The van der Waals surface area contributed by atoms with E-state index < -0.39 is 0 Å². The molecule has 1 heterocycles. The number of benzene rings is 1. The van der Waals surface area contributed by atoms with Crippen LogP contribution in [0.5, 0.6) is 0 Å². The quantitative estimate of drug-likeness (QED) is 0.922. The number of aryl methyl sites for hydroxylation is 1. The molecular weight excluding hydrogens is 304 g/mol. The predicted octanol–water partition coefficient (Wildman–Crippen LogP) is 2.37. The monoisotopic (exact) mass is 324 g/mol. The number of halogens is 1. The number of likely N-dealkylation sites (N-methyl/N-ethyl adjacent to an activating group) is 1. The first-order valence-electron chi connectivity index (χ1n) is 6.78. The van der Waals surface area contributed by atoms with Crippen molar-refractivity contribution in [1.82, 2.24) is 10.2 Å². The molecule has 0 saturated carbocycles. The van der Waals surface area contributed by atoms with Gasteiger partial charge in [0.1, 0.15) is 0 Å². The lowest BCUT2D eigenvalue weighted by atomic mass is 10.0. The number of amides is 1. The van der Waals surface area contributed by atoms with Crippen molar-refractivity contribution in [1.29, 1.82) is 0 Å². The fourth-order valence-corrected chi connectivity index (χ4v) is 2.89. The fourth-order valence-electron chi connectivity index (χ4n) is 2.48. The van der Waals surface area contributed by atoms with Gasteiger partial charge in [-0.15, -0.1) is 0 Å². The van der Waals surface area contributed by atoms with Crippen LogP contribution in [0.3, 0.4) is 0 Å². The van der Waals surface area contributed by atoms with Gasteiger partial charge in [0.05, 0.1) is 5.92 Å². The molecule has 0 aliphatic carbocycles. The van der Waals surface area contributed by atoms with Crippen molar-refractivity contribution in [2.24, 2.45) is 5.92 Å². The summed E-state index contributed by atoms with van der Waals surface area (Å²) >= 11 is 3.50. The Hall–Kier alpha value is -0.870. The summed E-state index contributed by atoms with van der Waals surface area (Å²) in [4.78, 5) is 14.1. The number of carbonyl (C=O) groups is 1. The number of nitrogens with one attached hydrogen (secondary N) is 1. The maximum absolute atomic E-state index is 12.2. The second-order valence-electron chi connectivity index (χ2n) is 5.27. The smallest absolute Gasteiger partial charge is 0.226 e. The molecule has 1 unspecified atom stereocenters. The molecule has 1 aromatic rings. The molecule has 2 rings (SSSR count). The average molecular weight is 325 g/mol. The van der Waals surface area contributed by atoms with Gasteiger partial charge in [0.15, 0.2) is 0 Å². The van der Waals surface area contributed by atoms with Gasteiger partial charge in [-0.2, -0.15) is 0 Å². The molecule has 104 valence electrons. The van der Waals surface area contributed by atoms with Gasteiger partial charge in [-0.05, 0) is 49.6 Å². The highest BCUT2D eigenvalue weighted by Crippen LogP contribution is 2.17. The Morgan fingerprint density at radius 1 is 1.53 bits per heavy atom. The lowest BCUT2D eigenvalue weighted by molar-refractivity contribution is -0.133. The van der Waals surface area contributed by atoms with Gasteiger partial charge in [-0.25, -0.2) is 0 Å². The highest BCUT2D eigenvalue weighted by Gasteiger charge is 2.24. The minimum Gasteiger partial charge on any atom is -0.345 e. The second-order valence-corrected chi connectivity index (χ2v) is 6.19. The topological polar surface area (TPSA) is 32.3 Å². The van der Waals surface area contributed by atoms with E-state index in [1.165, 1.54) is 11.1 Å². The summed E-state index contributed by atoms with van der Waals surface area (Å²) in [5.74, 6) is 0.450. The van der Waals surface area contributed by atoms with Crippen LogP contribution in [0, 0.1) is 12.8 Å². The van der Waals surface area contributed by atoms with Crippen molar-refractivity contribution in [2.45, 2.75) is 19.8 Å². The van der Waals surface area contributed by atoms with Crippen molar-refractivity contribution in [3.05, 3.63) is 33.8 Å². The molecular formula is C15H21BrN2O. The summed E-state index contributed by atoms with van der Waals surface area (Å²) in [7, 11) is 1.91. The lowest BCUT2D eigenvalue weighted by Crippen LogP contribution is -2.35. The molecule has 19 heavy (non-hydrogen) atoms. The predicted molar refractivity (Wildman–Crippen MR) is 81.2 cm³/mol. The molecule has 1 aromatic carbocycles. The van der Waals surface area contributed by atoms with Gasteiger partial charge in [-0.3, -0.25) is 4.79 Å². The Labute approximate surface area is 123 Å². The molecule has 1 amide bonds. The first-order chi connectivity index (χ1) is 9.08. The van der Waals surface area contributed by atoms with Crippen molar-refractivity contribution < 1.29 is 4.79 Å². The number of rotatable bonds is 4.